The zero-order valence-corrected chi connectivity index (χ0v) is 11.7. The van der Waals surface area contributed by atoms with Gasteiger partial charge in [-0.1, -0.05) is 26.0 Å². The van der Waals surface area contributed by atoms with Crippen molar-refractivity contribution in [3.05, 3.63) is 30.6 Å². The number of hydrogen-bond donors (Lipinski definition) is 1. The van der Waals surface area contributed by atoms with Gasteiger partial charge in [-0.3, -0.25) is 0 Å². The van der Waals surface area contributed by atoms with Gasteiger partial charge < -0.3 is 5.32 Å². The molecule has 1 fully saturated rings. The highest BCUT2D eigenvalue weighted by Crippen LogP contribution is 2.36. The summed E-state index contributed by atoms with van der Waals surface area (Å²) in [6.07, 6.45) is 6.68. The summed E-state index contributed by atoms with van der Waals surface area (Å²) < 4.78 is 0. The maximum absolute atomic E-state index is 4.42. The van der Waals surface area contributed by atoms with Crippen molar-refractivity contribution in [2.75, 3.05) is 5.32 Å². The first-order valence-corrected chi connectivity index (χ1v) is 7.10. The van der Waals surface area contributed by atoms with Crippen molar-refractivity contribution in [3.8, 4) is 0 Å². The van der Waals surface area contributed by atoms with E-state index in [0.29, 0.717) is 11.5 Å². The van der Waals surface area contributed by atoms with E-state index >= 15 is 0 Å². The second-order valence-corrected chi connectivity index (χ2v) is 6.32. The molecule has 1 aromatic heterocycles. The predicted octanol–water partition coefficient (Wildman–Crippen LogP) is 4.01. The number of benzene rings is 1. The molecule has 0 unspecified atom stereocenters. The van der Waals surface area contributed by atoms with E-state index in [4.69, 9.17) is 0 Å². The van der Waals surface area contributed by atoms with Crippen LogP contribution in [0.1, 0.15) is 39.5 Å². The van der Waals surface area contributed by atoms with Gasteiger partial charge in [0.1, 0.15) is 12.1 Å². The Labute approximate surface area is 114 Å². The summed E-state index contributed by atoms with van der Waals surface area (Å²) in [5.74, 6) is 0.982. The van der Waals surface area contributed by atoms with Crippen molar-refractivity contribution < 1.29 is 0 Å². The lowest BCUT2D eigenvalue weighted by Crippen LogP contribution is -2.30. The highest BCUT2D eigenvalue weighted by Gasteiger charge is 2.27. The lowest BCUT2D eigenvalue weighted by atomic mass is 9.75. The van der Waals surface area contributed by atoms with Crippen molar-refractivity contribution in [1.29, 1.82) is 0 Å². The van der Waals surface area contributed by atoms with Gasteiger partial charge in [0, 0.05) is 11.4 Å². The second-order valence-electron chi connectivity index (χ2n) is 6.32. The number of aromatic nitrogens is 2. The van der Waals surface area contributed by atoms with Crippen LogP contribution in [0.25, 0.3) is 10.9 Å². The number of fused-ring (bicyclic) bond motifs is 1. The second kappa shape index (κ2) is 4.80. The van der Waals surface area contributed by atoms with E-state index in [-0.39, 0.29) is 0 Å². The largest absolute Gasteiger partial charge is 0.367 e. The Hall–Kier alpha value is -1.64. The molecular weight excluding hydrogens is 234 g/mol. The summed E-state index contributed by atoms with van der Waals surface area (Å²) in [6.45, 7) is 4.73. The van der Waals surface area contributed by atoms with Gasteiger partial charge in [-0.2, -0.15) is 0 Å². The molecule has 100 valence electrons. The Morgan fingerprint density at radius 3 is 2.63 bits per heavy atom. The summed E-state index contributed by atoms with van der Waals surface area (Å²) in [5, 5.41) is 4.73. The van der Waals surface area contributed by atoms with Crippen LogP contribution >= 0.6 is 0 Å². The maximum atomic E-state index is 4.42. The van der Waals surface area contributed by atoms with Gasteiger partial charge in [0.2, 0.25) is 0 Å². The average molecular weight is 255 g/mol. The van der Waals surface area contributed by atoms with Gasteiger partial charge in [0.15, 0.2) is 0 Å². The van der Waals surface area contributed by atoms with Crippen LogP contribution in [0.3, 0.4) is 0 Å². The Morgan fingerprint density at radius 2 is 1.84 bits per heavy atom. The van der Waals surface area contributed by atoms with Crippen LogP contribution in [-0.2, 0) is 0 Å². The monoisotopic (exact) mass is 255 g/mol. The Bertz CT molecular complexity index is 562. The normalized spacial score (nSPS) is 19.5. The first-order chi connectivity index (χ1) is 9.14. The number of para-hydroxylation sites is 1. The SMILES string of the molecule is CC1(C)CCC(Nc2ncnc3ccccc23)CC1. The van der Waals surface area contributed by atoms with Gasteiger partial charge in [0.05, 0.1) is 5.52 Å². The van der Waals surface area contributed by atoms with E-state index < -0.39 is 0 Å². The zero-order valence-electron chi connectivity index (χ0n) is 11.7. The molecule has 0 amide bonds. The van der Waals surface area contributed by atoms with Crippen molar-refractivity contribution in [3.63, 3.8) is 0 Å². The number of hydrogen-bond acceptors (Lipinski definition) is 3. The Kier molecular flexibility index (Phi) is 3.13. The van der Waals surface area contributed by atoms with Crippen LogP contribution in [0.4, 0.5) is 5.82 Å². The molecule has 3 heteroatoms. The van der Waals surface area contributed by atoms with Crippen LogP contribution in [0.15, 0.2) is 30.6 Å². The molecular formula is C16H21N3. The highest BCUT2D eigenvalue weighted by molar-refractivity contribution is 5.88. The Morgan fingerprint density at radius 1 is 1.11 bits per heavy atom. The topological polar surface area (TPSA) is 37.8 Å². The summed E-state index contributed by atoms with van der Waals surface area (Å²) >= 11 is 0. The fourth-order valence-electron chi connectivity index (χ4n) is 2.86. The fourth-order valence-corrected chi connectivity index (χ4v) is 2.86. The summed E-state index contributed by atoms with van der Waals surface area (Å²) in [5.41, 5.74) is 1.52. The van der Waals surface area contributed by atoms with Gasteiger partial charge in [-0.25, -0.2) is 9.97 Å². The summed E-state index contributed by atoms with van der Waals surface area (Å²) in [4.78, 5) is 8.72. The molecule has 0 saturated heterocycles. The predicted molar refractivity (Wildman–Crippen MR) is 79.2 cm³/mol. The van der Waals surface area contributed by atoms with Crippen molar-refractivity contribution in [2.24, 2.45) is 5.41 Å². The lowest BCUT2D eigenvalue weighted by Gasteiger charge is -2.34. The van der Waals surface area contributed by atoms with Crippen LogP contribution in [-0.4, -0.2) is 16.0 Å². The molecule has 0 aliphatic heterocycles. The molecule has 1 aliphatic carbocycles. The average Bonchev–Trinajstić information content (AvgIpc) is 2.42. The minimum absolute atomic E-state index is 0.506. The lowest BCUT2D eigenvalue weighted by molar-refractivity contribution is 0.232. The van der Waals surface area contributed by atoms with Crippen molar-refractivity contribution >= 4 is 16.7 Å². The fraction of sp³-hybridized carbons (Fsp3) is 0.500. The van der Waals surface area contributed by atoms with E-state index in [1.54, 1.807) is 6.33 Å². The van der Waals surface area contributed by atoms with E-state index in [9.17, 15) is 0 Å². The van der Waals surface area contributed by atoms with Crippen molar-refractivity contribution in [1.82, 2.24) is 9.97 Å². The van der Waals surface area contributed by atoms with Gasteiger partial charge in [0.25, 0.3) is 0 Å². The first-order valence-electron chi connectivity index (χ1n) is 7.10. The molecule has 1 saturated carbocycles. The molecule has 3 nitrogen and oxygen atoms in total. The van der Waals surface area contributed by atoms with E-state index in [2.05, 4.69) is 35.2 Å². The number of anilines is 1. The van der Waals surface area contributed by atoms with E-state index in [1.165, 1.54) is 25.7 Å². The molecule has 19 heavy (non-hydrogen) atoms. The number of rotatable bonds is 2. The van der Waals surface area contributed by atoms with Crippen LogP contribution in [0, 0.1) is 5.41 Å². The van der Waals surface area contributed by atoms with Gasteiger partial charge in [-0.05, 0) is 43.2 Å². The van der Waals surface area contributed by atoms with Crippen LogP contribution < -0.4 is 5.32 Å². The minimum atomic E-state index is 0.506. The maximum Gasteiger partial charge on any atom is 0.137 e. The van der Waals surface area contributed by atoms with Gasteiger partial charge in [-0.15, -0.1) is 0 Å². The molecule has 0 spiro atoms. The minimum Gasteiger partial charge on any atom is -0.367 e. The molecule has 0 atom stereocenters. The molecule has 0 bridgehead atoms. The third kappa shape index (κ3) is 2.70. The third-order valence-electron chi connectivity index (χ3n) is 4.22. The number of nitrogens with zero attached hydrogens (tertiary/aromatic N) is 2. The third-order valence-corrected chi connectivity index (χ3v) is 4.22. The first kappa shape index (κ1) is 12.4. The smallest absolute Gasteiger partial charge is 0.137 e. The molecule has 0 radical (unpaired) electrons. The standard InChI is InChI=1S/C16H21N3/c1-16(2)9-7-12(8-10-16)19-15-13-5-3-4-6-14(13)17-11-18-15/h3-6,11-12H,7-10H2,1-2H3,(H,17,18,19). The van der Waals surface area contributed by atoms with E-state index in [0.717, 1.165) is 16.7 Å². The Balaban J connectivity index is 1.79. The molecule has 2 aromatic rings. The van der Waals surface area contributed by atoms with Gasteiger partial charge >= 0.3 is 0 Å². The summed E-state index contributed by atoms with van der Waals surface area (Å²) in [7, 11) is 0. The molecule has 1 aliphatic rings. The molecule has 3 rings (SSSR count). The van der Waals surface area contributed by atoms with E-state index in [1.807, 2.05) is 18.2 Å². The van der Waals surface area contributed by atoms with Crippen LogP contribution in [0.5, 0.6) is 0 Å². The van der Waals surface area contributed by atoms with Crippen molar-refractivity contribution in [2.45, 2.75) is 45.6 Å². The molecule has 1 N–H and O–H groups in total. The summed E-state index contributed by atoms with van der Waals surface area (Å²) in [6, 6.07) is 8.73. The quantitative estimate of drug-likeness (QED) is 0.881. The van der Waals surface area contributed by atoms with Crippen LogP contribution in [0.2, 0.25) is 0 Å². The molecule has 1 heterocycles. The highest BCUT2D eigenvalue weighted by atomic mass is 15.0. The molecule has 1 aromatic carbocycles. The zero-order chi connectivity index (χ0) is 13.3. The number of nitrogens with one attached hydrogen (secondary N) is 1.